The van der Waals surface area contributed by atoms with Gasteiger partial charge in [-0.05, 0) is 43.0 Å². The van der Waals surface area contributed by atoms with E-state index in [0.717, 1.165) is 31.7 Å². The Morgan fingerprint density at radius 1 is 1.08 bits per heavy atom. The first-order valence-electron chi connectivity index (χ1n) is 13.1. The van der Waals surface area contributed by atoms with E-state index >= 15 is 0 Å². The Bertz CT molecular complexity index is 1310. The predicted octanol–water partition coefficient (Wildman–Crippen LogP) is 3.96. The highest BCUT2D eigenvalue weighted by Gasteiger charge is 2.26. The van der Waals surface area contributed by atoms with Crippen molar-refractivity contribution < 1.29 is 18.4 Å². The van der Waals surface area contributed by atoms with E-state index in [1.165, 1.54) is 0 Å². The number of piperidine rings is 1. The molecule has 39 heavy (non-hydrogen) atoms. The summed E-state index contributed by atoms with van der Waals surface area (Å²) in [6, 6.07) is 10.8. The van der Waals surface area contributed by atoms with Crippen LogP contribution in [-0.4, -0.2) is 66.1 Å². The second kappa shape index (κ2) is 11.6. The highest BCUT2D eigenvalue weighted by Crippen LogP contribution is 2.26. The van der Waals surface area contributed by atoms with Crippen molar-refractivity contribution in [3.63, 3.8) is 0 Å². The Balaban J connectivity index is 1.16. The number of para-hydroxylation sites is 2. The number of hydrogen-bond donors (Lipinski definition) is 3. The molecule has 2 fully saturated rings. The highest BCUT2D eigenvalue weighted by molar-refractivity contribution is 6.03. The molecule has 2 saturated heterocycles. The molecule has 2 aromatic heterocycles. The first-order chi connectivity index (χ1) is 18.9. The molecule has 206 valence electrons. The summed E-state index contributed by atoms with van der Waals surface area (Å²) < 4.78 is 19.3. The minimum absolute atomic E-state index is 0.0119. The molecule has 4 heterocycles. The molecule has 0 bridgehead atoms. The Morgan fingerprint density at radius 2 is 1.87 bits per heavy atom. The maximum absolute atomic E-state index is 13.6. The molecular formula is C27H33FN8O3. The van der Waals surface area contributed by atoms with Crippen LogP contribution in [0, 0.1) is 5.92 Å². The summed E-state index contributed by atoms with van der Waals surface area (Å²) in [7, 11) is 0. The van der Waals surface area contributed by atoms with Crippen molar-refractivity contribution in [3.8, 4) is 0 Å². The number of anilines is 5. The van der Waals surface area contributed by atoms with Gasteiger partial charge in [0.15, 0.2) is 0 Å². The first kappa shape index (κ1) is 26.3. The average Bonchev–Trinajstić information content (AvgIpc) is 3.40. The van der Waals surface area contributed by atoms with Gasteiger partial charge in [0.25, 0.3) is 11.9 Å². The zero-order valence-electron chi connectivity index (χ0n) is 21.9. The number of aromatic nitrogens is 2. The number of piperazine rings is 1. The lowest BCUT2D eigenvalue weighted by atomic mass is 10.0. The third-order valence-electron chi connectivity index (χ3n) is 7.05. The second-order valence-electron chi connectivity index (χ2n) is 9.95. The molecule has 1 atom stereocenters. The molecule has 1 unspecified atom stereocenters. The summed E-state index contributed by atoms with van der Waals surface area (Å²) >= 11 is 0. The second-order valence-corrected chi connectivity index (χ2v) is 9.95. The van der Waals surface area contributed by atoms with Gasteiger partial charge in [0, 0.05) is 39.3 Å². The summed E-state index contributed by atoms with van der Waals surface area (Å²) in [5.74, 6) is 0.516. The van der Waals surface area contributed by atoms with E-state index in [1.54, 1.807) is 35.4 Å². The zero-order chi connectivity index (χ0) is 27.4. The third kappa shape index (κ3) is 6.05. The zero-order valence-corrected chi connectivity index (χ0v) is 21.9. The Morgan fingerprint density at radius 3 is 2.56 bits per heavy atom. The lowest BCUT2D eigenvalue weighted by Crippen LogP contribution is -2.50. The van der Waals surface area contributed by atoms with Gasteiger partial charge in [-0.25, -0.2) is 14.2 Å². The number of nitrogens with two attached hydrogens (primary N) is 1. The van der Waals surface area contributed by atoms with Crippen LogP contribution in [0.15, 0.2) is 47.0 Å². The van der Waals surface area contributed by atoms with Gasteiger partial charge in [0.1, 0.15) is 18.2 Å². The lowest BCUT2D eigenvalue weighted by Gasteiger charge is -2.35. The van der Waals surface area contributed by atoms with Crippen LogP contribution in [0.25, 0.3) is 0 Å². The Labute approximate surface area is 226 Å². The van der Waals surface area contributed by atoms with Crippen LogP contribution >= 0.6 is 0 Å². The summed E-state index contributed by atoms with van der Waals surface area (Å²) in [5, 5.41) is 5.58. The van der Waals surface area contributed by atoms with Crippen LogP contribution in [0.3, 0.4) is 0 Å². The molecular weight excluding hydrogens is 503 g/mol. The smallest absolute Gasteiger partial charge is 0.322 e. The van der Waals surface area contributed by atoms with Crippen molar-refractivity contribution in [2.24, 2.45) is 5.92 Å². The van der Waals surface area contributed by atoms with Crippen molar-refractivity contribution in [1.29, 1.82) is 0 Å². The largest absolute Gasteiger partial charge is 0.418 e. The average molecular weight is 537 g/mol. The SMILES string of the molecule is CC1CCCN(c2nc(CF)c(C(=O)Nc3ccc(N4CCN(C(=O)Nc5ccccc5N)CC4)nc3)o2)C1. The maximum Gasteiger partial charge on any atom is 0.322 e. The minimum Gasteiger partial charge on any atom is -0.418 e. The van der Waals surface area contributed by atoms with Gasteiger partial charge in [0.2, 0.25) is 5.76 Å². The van der Waals surface area contributed by atoms with Crippen molar-refractivity contribution in [2.75, 3.05) is 65.4 Å². The predicted molar refractivity (Wildman–Crippen MR) is 148 cm³/mol. The van der Waals surface area contributed by atoms with Gasteiger partial charge in [0.05, 0.1) is 23.3 Å². The number of carbonyl (C=O) groups excluding carboxylic acids is 2. The molecule has 4 N–H and O–H groups in total. The van der Waals surface area contributed by atoms with E-state index < -0.39 is 12.6 Å². The van der Waals surface area contributed by atoms with E-state index in [9.17, 15) is 14.0 Å². The number of rotatable bonds is 6. The topological polar surface area (TPSA) is 133 Å². The number of alkyl halides is 1. The van der Waals surface area contributed by atoms with Crippen molar-refractivity contribution in [1.82, 2.24) is 14.9 Å². The van der Waals surface area contributed by atoms with Crippen LogP contribution in [0.5, 0.6) is 0 Å². The third-order valence-corrected chi connectivity index (χ3v) is 7.05. The number of hydrogen-bond acceptors (Lipinski definition) is 8. The summed E-state index contributed by atoms with van der Waals surface area (Å²) in [4.78, 5) is 40.0. The molecule has 5 rings (SSSR count). The maximum atomic E-state index is 13.6. The fourth-order valence-corrected chi connectivity index (χ4v) is 4.88. The quantitative estimate of drug-likeness (QED) is 0.403. The number of halogens is 1. The van der Waals surface area contributed by atoms with Gasteiger partial charge in [-0.3, -0.25) is 4.79 Å². The summed E-state index contributed by atoms with van der Waals surface area (Å²) in [5.41, 5.74) is 7.47. The van der Waals surface area contributed by atoms with Gasteiger partial charge >= 0.3 is 6.03 Å². The number of pyridine rings is 1. The van der Waals surface area contributed by atoms with Crippen LogP contribution in [0.1, 0.15) is 36.0 Å². The minimum atomic E-state index is -0.893. The van der Waals surface area contributed by atoms with E-state index in [-0.39, 0.29) is 23.5 Å². The standard InChI is InChI=1S/C27H33FN8O3/c1-18-5-4-10-36(17-18)27-33-22(15-28)24(39-27)25(37)31-19-8-9-23(30-16-19)34-11-13-35(14-12-34)26(38)32-21-7-3-2-6-20(21)29/h2-3,6-9,16,18H,4-5,10-15,17,29H2,1H3,(H,31,37)(H,32,38). The number of nitrogens with one attached hydrogen (secondary N) is 2. The Hall–Kier alpha value is -4.35. The van der Waals surface area contributed by atoms with Crippen LogP contribution in [-0.2, 0) is 6.67 Å². The van der Waals surface area contributed by atoms with Crippen LogP contribution < -0.4 is 26.2 Å². The summed E-state index contributed by atoms with van der Waals surface area (Å²) in [6.07, 6.45) is 3.67. The molecule has 0 aliphatic carbocycles. The van der Waals surface area contributed by atoms with E-state index in [4.69, 9.17) is 10.2 Å². The molecule has 12 heteroatoms. The monoisotopic (exact) mass is 536 g/mol. The van der Waals surface area contributed by atoms with Gasteiger partial charge in [-0.1, -0.05) is 19.1 Å². The molecule has 3 aromatic rings. The van der Waals surface area contributed by atoms with E-state index in [2.05, 4.69) is 32.4 Å². The molecule has 3 amide bonds. The number of carbonyl (C=O) groups is 2. The number of oxazole rings is 1. The number of amides is 3. The molecule has 0 spiro atoms. The van der Waals surface area contributed by atoms with Crippen LogP contribution in [0.2, 0.25) is 0 Å². The Kier molecular flexibility index (Phi) is 7.80. The van der Waals surface area contributed by atoms with Gasteiger partial charge in [-0.2, -0.15) is 4.98 Å². The molecule has 11 nitrogen and oxygen atoms in total. The molecule has 2 aliphatic rings. The van der Waals surface area contributed by atoms with E-state index in [1.807, 2.05) is 17.0 Å². The number of nitrogen functional groups attached to an aromatic ring is 1. The van der Waals surface area contributed by atoms with Crippen LogP contribution in [0.4, 0.5) is 38.1 Å². The van der Waals surface area contributed by atoms with Gasteiger partial charge in [-0.15, -0.1) is 0 Å². The normalized spacial score (nSPS) is 17.7. The molecule has 2 aliphatic heterocycles. The van der Waals surface area contributed by atoms with E-state index in [0.29, 0.717) is 49.2 Å². The van der Waals surface area contributed by atoms with Gasteiger partial charge < -0.3 is 35.5 Å². The number of urea groups is 1. The van der Waals surface area contributed by atoms with Crippen molar-refractivity contribution in [3.05, 3.63) is 54.0 Å². The fourth-order valence-electron chi connectivity index (χ4n) is 4.88. The molecule has 0 radical (unpaired) electrons. The van der Waals surface area contributed by atoms with Crippen molar-refractivity contribution in [2.45, 2.75) is 26.4 Å². The number of benzene rings is 1. The molecule has 1 aromatic carbocycles. The number of nitrogens with zero attached hydrogens (tertiary/aromatic N) is 5. The first-order valence-corrected chi connectivity index (χ1v) is 13.1. The molecule has 0 saturated carbocycles. The fraction of sp³-hybridized carbons (Fsp3) is 0.407. The van der Waals surface area contributed by atoms with Crippen molar-refractivity contribution >= 4 is 40.8 Å². The highest BCUT2D eigenvalue weighted by atomic mass is 19.1. The lowest BCUT2D eigenvalue weighted by molar-refractivity contribution is 0.0994. The summed E-state index contributed by atoms with van der Waals surface area (Å²) in [6.45, 7) is 5.04.